The zero-order chi connectivity index (χ0) is 13.5. The SMILES string of the molecule is CCOC(=O)CC(=O)c1cccc(OC)c1OC. The molecule has 5 heteroatoms. The van der Waals surface area contributed by atoms with Gasteiger partial charge in [0.2, 0.25) is 0 Å². The van der Waals surface area contributed by atoms with Crippen LogP contribution < -0.4 is 9.47 Å². The Labute approximate surface area is 106 Å². The van der Waals surface area contributed by atoms with Crippen LogP contribution in [0, 0.1) is 0 Å². The van der Waals surface area contributed by atoms with Crippen molar-refractivity contribution < 1.29 is 23.8 Å². The Bertz CT molecular complexity index is 439. The van der Waals surface area contributed by atoms with Gasteiger partial charge in [-0.25, -0.2) is 0 Å². The van der Waals surface area contributed by atoms with Gasteiger partial charge in [-0.3, -0.25) is 9.59 Å². The molecule has 98 valence electrons. The Balaban J connectivity index is 2.95. The van der Waals surface area contributed by atoms with Crippen LogP contribution in [0.4, 0.5) is 0 Å². The summed E-state index contributed by atoms with van der Waals surface area (Å²) in [6.07, 6.45) is -0.308. The van der Waals surface area contributed by atoms with Crippen LogP contribution in [0.15, 0.2) is 18.2 Å². The highest BCUT2D eigenvalue weighted by Crippen LogP contribution is 2.31. The number of hydrogen-bond acceptors (Lipinski definition) is 5. The minimum absolute atomic E-state index is 0.251. The molecule has 18 heavy (non-hydrogen) atoms. The maximum Gasteiger partial charge on any atom is 0.313 e. The van der Waals surface area contributed by atoms with Gasteiger partial charge < -0.3 is 14.2 Å². The van der Waals surface area contributed by atoms with Crippen molar-refractivity contribution in [2.24, 2.45) is 0 Å². The number of esters is 1. The van der Waals surface area contributed by atoms with Gasteiger partial charge in [0.25, 0.3) is 0 Å². The van der Waals surface area contributed by atoms with Gasteiger partial charge in [0.05, 0.1) is 26.4 Å². The summed E-state index contributed by atoms with van der Waals surface area (Å²) >= 11 is 0. The van der Waals surface area contributed by atoms with E-state index in [0.717, 1.165) is 0 Å². The number of ketones is 1. The molecule has 0 aromatic heterocycles. The van der Waals surface area contributed by atoms with Crippen LogP contribution in [0.3, 0.4) is 0 Å². The van der Waals surface area contributed by atoms with Gasteiger partial charge in [-0.05, 0) is 19.1 Å². The molecule has 1 aromatic rings. The summed E-state index contributed by atoms with van der Waals surface area (Å²) in [7, 11) is 2.93. The Hall–Kier alpha value is -2.04. The lowest BCUT2D eigenvalue weighted by Crippen LogP contribution is -2.12. The van der Waals surface area contributed by atoms with Crippen molar-refractivity contribution in [2.45, 2.75) is 13.3 Å². The number of rotatable bonds is 6. The first-order chi connectivity index (χ1) is 8.63. The first-order valence-electron chi connectivity index (χ1n) is 5.53. The van der Waals surface area contributed by atoms with E-state index in [1.165, 1.54) is 14.2 Å². The van der Waals surface area contributed by atoms with Crippen molar-refractivity contribution in [3.8, 4) is 11.5 Å². The van der Waals surface area contributed by atoms with Gasteiger partial charge in [-0.1, -0.05) is 6.07 Å². The second-order valence-electron chi connectivity index (χ2n) is 3.45. The summed E-state index contributed by atoms with van der Waals surface area (Å²) in [6.45, 7) is 1.94. The molecule has 0 atom stereocenters. The molecule has 0 amide bonds. The van der Waals surface area contributed by atoms with E-state index in [9.17, 15) is 9.59 Å². The first kappa shape index (κ1) is 14.0. The molecule has 0 heterocycles. The minimum atomic E-state index is -0.549. The third-order valence-corrected chi connectivity index (χ3v) is 2.31. The van der Waals surface area contributed by atoms with E-state index in [1.807, 2.05) is 0 Å². The molecule has 0 radical (unpaired) electrons. The van der Waals surface area contributed by atoms with Crippen LogP contribution in [0.5, 0.6) is 11.5 Å². The lowest BCUT2D eigenvalue weighted by Gasteiger charge is -2.11. The molecule has 5 nitrogen and oxygen atoms in total. The summed E-state index contributed by atoms with van der Waals surface area (Å²) in [4.78, 5) is 23.2. The van der Waals surface area contributed by atoms with E-state index in [2.05, 4.69) is 0 Å². The number of para-hydroxylation sites is 1. The molecule has 0 saturated heterocycles. The van der Waals surface area contributed by atoms with Crippen LogP contribution in [-0.4, -0.2) is 32.6 Å². The second-order valence-corrected chi connectivity index (χ2v) is 3.45. The number of methoxy groups -OCH3 is 2. The lowest BCUT2D eigenvalue weighted by atomic mass is 10.1. The Morgan fingerprint density at radius 3 is 2.44 bits per heavy atom. The van der Waals surface area contributed by atoms with Crippen LogP contribution in [0.25, 0.3) is 0 Å². The second kappa shape index (κ2) is 6.64. The Kier molecular flexibility index (Phi) is 5.17. The summed E-state index contributed by atoms with van der Waals surface area (Å²) in [5.74, 6) is -0.127. The largest absolute Gasteiger partial charge is 0.493 e. The van der Waals surface area contributed by atoms with Crippen LogP contribution in [0.1, 0.15) is 23.7 Å². The molecule has 0 fully saturated rings. The molecular weight excluding hydrogens is 236 g/mol. The summed E-state index contributed by atoms with van der Waals surface area (Å²) in [5.41, 5.74) is 0.310. The van der Waals surface area contributed by atoms with E-state index in [4.69, 9.17) is 14.2 Å². The molecule has 0 aliphatic heterocycles. The Morgan fingerprint density at radius 1 is 1.17 bits per heavy atom. The van der Waals surface area contributed by atoms with Crippen molar-refractivity contribution in [2.75, 3.05) is 20.8 Å². The maximum absolute atomic E-state index is 11.9. The monoisotopic (exact) mass is 252 g/mol. The number of ether oxygens (including phenoxy) is 3. The number of Topliss-reactive ketones (excluding diaryl/α,β-unsaturated/α-hetero) is 1. The van der Waals surface area contributed by atoms with Crippen molar-refractivity contribution >= 4 is 11.8 Å². The minimum Gasteiger partial charge on any atom is -0.493 e. The average molecular weight is 252 g/mol. The van der Waals surface area contributed by atoms with E-state index >= 15 is 0 Å². The molecule has 0 unspecified atom stereocenters. The fourth-order valence-corrected chi connectivity index (χ4v) is 1.55. The summed E-state index contributed by atoms with van der Waals surface area (Å²) in [5, 5.41) is 0. The summed E-state index contributed by atoms with van der Waals surface area (Å²) < 4.78 is 15.0. The van der Waals surface area contributed by atoms with Crippen LogP contribution in [-0.2, 0) is 9.53 Å². The quantitative estimate of drug-likeness (QED) is 0.439. The predicted molar refractivity (Wildman–Crippen MR) is 65.1 cm³/mol. The smallest absolute Gasteiger partial charge is 0.313 e. The normalized spacial score (nSPS) is 9.72. The van der Waals surface area contributed by atoms with Gasteiger partial charge in [0, 0.05) is 0 Å². The first-order valence-corrected chi connectivity index (χ1v) is 5.53. The third kappa shape index (κ3) is 3.23. The molecule has 0 aliphatic carbocycles. The molecule has 0 aliphatic rings. The van der Waals surface area contributed by atoms with Crippen molar-refractivity contribution in [1.82, 2.24) is 0 Å². The maximum atomic E-state index is 11.9. The van der Waals surface area contributed by atoms with E-state index in [0.29, 0.717) is 17.1 Å². The highest BCUT2D eigenvalue weighted by atomic mass is 16.5. The number of benzene rings is 1. The van der Waals surface area contributed by atoms with Gasteiger partial charge in [0.15, 0.2) is 17.3 Å². The van der Waals surface area contributed by atoms with Crippen LogP contribution >= 0.6 is 0 Å². The zero-order valence-corrected chi connectivity index (χ0v) is 10.7. The number of carbonyl (C=O) groups excluding carboxylic acids is 2. The predicted octanol–water partition coefficient (Wildman–Crippen LogP) is 1.84. The van der Waals surface area contributed by atoms with Gasteiger partial charge in [0.1, 0.15) is 6.42 Å². The molecule has 1 aromatic carbocycles. The van der Waals surface area contributed by atoms with Crippen molar-refractivity contribution in [3.63, 3.8) is 0 Å². The Morgan fingerprint density at radius 2 is 1.89 bits per heavy atom. The van der Waals surface area contributed by atoms with Crippen molar-refractivity contribution in [1.29, 1.82) is 0 Å². The van der Waals surface area contributed by atoms with E-state index in [-0.39, 0.29) is 18.8 Å². The highest BCUT2D eigenvalue weighted by molar-refractivity contribution is 6.08. The van der Waals surface area contributed by atoms with Gasteiger partial charge >= 0.3 is 5.97 Å². The highest BCUT2D eigenvalue weighted by Gasteiger charge is 2.19. The number of hydrogen-bond donors (Lipinski definition) is 0. The molecule has 0 spiro atoms. The number of carbonyl (C=O) groups is 2. The van der Waals surface area contributed by atoms with Crippen molar-refractivity contribution in [3.05, 3.63) is 23.8 Å². The average Bonchev–Trinajstić information content (AvgIpc) is 2.37. The lowest BCUT2D eigenvalue weighted by molar-refractivity contribution is -0.141. The van der Waals surface area contributed by atoms with E-state index in [1.54, 1.807) is 25.1 Å². The van der Waals surface area contributed by atoms with E-state index < -0.39 is 5.97 Å². The topological polar surface area (TPSA) is 61.8 Å². The molecule has 0 N–H and O–H groups in total. The van der Waals surface area contributed by atoms with Gasteiger partial charge in [-0.2, -0.15) is 0 Å². The van der Waals surface area contributed by atoms with Gasteiger partial charge in [-0.15, -0.1) is 0 Å². The fraction of sp³-hybridized carbons (Fsp3) is 0.385. The zero-order valence-electron chi connectivity index (χ0n) is 10.7. The molecule has 0 saturated carbocycles. The fourth-order valence-electron chi connectivity index (χ4n) is 1.55. The standard InChI is InChI=1S/C13H16O5/c1-4-18-12(15)8-10(14)9-6-5-7-11(16-2)13(9)17-3/h5-7H,4,8H2,1-3H3. The van der Waals surface area contributed by atoms with Crippen LogP contribution in [0.2, 0.25) is 0 Å². The third-order valence-electron chi connectivity index (χ3n) is 2.31. The molecular formula is C13H16O5. The summed E-state index contributed by atoms with van der Waals surface area (Å²) in [6, 6.07) is 4.93. The molecule has 1 rings (SSSR count). The molecule has 0 bridgehead atoms.